The van der Waals surface area contributed by atoms with Crippen molar-refractivity contribution in [1.82, 2.24) is 5.32 Å². The molecule has 0 aliphatic rings. The van der Waals surface area contributed by atoms with Gasteiger partial charge in [-0.15, -0.1) is 0 Å². The van der Waals surface area contributed by atoms with E-state index in [2.05, 4.69) is 10.0 Å². The number of nitrogens with one attached hydrogen (secondary N) is 2. The van der Waals surface area contributed by atoms with E-state index in [1.54, 1.807) is 19.1 Å². The topological polar surface area (TPSA) is 75.3 Å². The minimum absolute atomic E-state index is 0.263. The largest absolute Gasteiger partial charge is 0.352 e. The zero-order valence-corrected chi connectivity index (χ0v) is 15.6. The minimum Gasteiger partial charge on any atom is -0.352 e. The fraction of sp³-hybridized carbons (Fsp3) is 0.316. The number of anilines is 1. The standard InChI is InChI=1S/C19H24N2O3S/c1-14-8-10-18(11-9-14)21-25(23,24)13-16(3)19(22)20-12-17-7-5-4-6-15(17)2/h4-11,16,21H,12-13H2,1-3H3,(H,20,22). The number of hydrogen-bond donors (Lipinski definition) is 2. The predicted octanol–water partition coefficient (Wildman–Crippen LogP) is 3.00. The lowest BCUT2D eigenvalue weighted by Gasteiger charge is -2.14. The summed E-state index contributed by atoms with van der Waals surface area (Å²) in [6.07, 6.45) is 0. The van der Waals surface area contributed by atoms with Crippen LogP contribution in [0.1, 0.15) is 23.6 Å². The first-order valence-electron chi connectivity index (χ1n) is 8.16. The Balaban J connectivity index is 1.91. The minimum atomic E-state index is -3.59. The second kappa shape index (κ2) is 8.16. The molecule has 5 nitrogen and oxygen atoms in total. The van der Waals surface area contributed by atoms with Crippen molar-refractivity contribution in [3.05, 3.63) is 65.2 Å². The van der Waals surface area contributed by atoms with E-state index >= 15 is 0 Å². The molecular weight excluding hydrogens is 336 g/mol. The third-order valence-electron chi connectivity index (χ3n) is 3.96. The van der Waals surface area contributed by atoms with Gasteiger partial charge in [0.15, 0.2) is 0 Å². The first-order chi connectivity index (χ1) is 11.8. The summed E-state index contributed by atoms with van der Waals surface area (Å²) in [6.45, 7) is 5.91. The van der Waals surface area contributed by atoms with Crippen molar-refractivity contribution in [2.45, 2.75) is 27.3 Å². The van der Waals surface area contributed by atoms with Gasteiger partial charge in [0.2, 0.25) is 15.9 Å². The SMILES string of the molecule is Cc1ccc(NS(=O)(=O)CC(C)C(=O)NCc2ccccc2C)cc1. The zero-order valence-electron chi connectivity index (χ0n) is 14.7. The maximum atomic E-state index is 12.2. The molecule has 2 N–H and O–H groups in total. The average molecular weight is 360 g/mol. The van der Waals surface area contributed by atoms with Gasteiger partial charge in [-0.05, 0) is 37.1 Å². The first kappa shape index (κ1) is 19.0. The van der Waals surface area contributed by atoms with Gasteiger partial charge in [-0.25, -0.2) is 8.42 Å². The Morgan fingerprint density at radius 3 is 2.32 bits per heavy atom. The molecular formula is C19H24N2O3S. The van der Waals surface area contributed by atoms with Crippen LogP contribution in [0, 0.1) is 19.8 Å². The predicted molar refractivity (Wildman–Crippen MR) is 101 cm³/mol. The van der Waals surface area contributed by atoms with Crippen LogP contribution in [0.25, 0.3) is 0 Å². The molecule has 1 unspecified atom stereocenters. The van der Waals surface area contributed by atoms with Gasteiger partial charge in [-0.1, -0.05) is 48.9 Å². The number of aryl methyl sites for hydroxylation is 2. The molecule has 0 aromatic heterocycles. The maximum absolute atomic E-state index is 12.2. The van der Waals surface area contributed by atoms with Crippen LogP contribution < -0.4 is 10.0 Å². The van der Waals surface area contributed by atoms with E-state index in [0.29, 0.717) is 12.2 Å². The van der Waals surface area contributed by atoms with E-state index in [1.165, 1.54) is 0 Å². The highest BCUT2D eigenvalue weighted by atomic mass is 32.2. The summed E-state index contributed by atoms with van der Waals surface area (Å²) in [7, 11) is -3.59. The second-order valence-corrected chi connectivity index (χ2v) is 8.06. The van der Waals surface area contributed by atoms with Crippen LogP contribution in [0.4, 0.5) is 5.69 Å². The number of rotatable bonds is 7. The van der Waals surface area contributed by atoms with Gasteiger partial charge < -0.3 is 5.32 Å². The fourth-order valence-electron chi connectivity index (χ4n) is 2.41. The molecule has 134 valence electrons. The van der Waals surface area contributed by atoms with E-state index in [9.17, 15) is 13.2 Å². The zero-order chi connectivity index (χ0) is 18.4. The van der Waals surface area contributed by atoms with Crippen LogP contribution in [0.15, 0.2) is 48.5 Å². The van der Waals surface area contributed by atoms with Gasteiger partial charge in [-0.3, -0.25) is 9.52 Å². The summed E-state index contributed by atoms with van der Waals surface area (Å²) < 4.78 is 27.0. The molecule has 2 rings (SSSR count). The van der Waals surface area contributed by atoms with Crippen LogP contribution in [0.3, 0.4) is 0 Å². The van der Waals surface area contributed by atoms with E-state index in [4.69, 9.17) is 0 Å². The number of benzene rings is 2. The van der Waals surface area contributed by atoms with Crippen LogP contribution in [-0.4, -0.2) is 20.1 Å². The Labute approximate surface area is 149 Å². The molecule has 0 bridgehead atoms. The fourth-order valence-corrected chi connectivity index (χ4v) is 3.80. The number of amides is 1. The van der Waals surface area contributed by atoms with Gasteiger partial charge in [0.05, 0.1) is 11.7 Å². The highest BCUT2D eigenvalue weighted by molar-refractivity contribution is 7.92. The average Bonchev–Trinajstić information content (AvgIpc) is 2.55. The molecule has 1 atom stereocenters. The van der Waals surface area contributed by atoms with E-state index in [-0.39, 0.29) is 11.7 Å². The Kier molecular flexibility index (Phi) is 6.20. The van der Waals surface area contributed by atoms with Gasteiger partial charge >= 0.3 is 0 Å². The molecule has 25 heavy (non-hydrogen) atoms. The smallest absolute Gasteiger partial charge is 0.233 e. The number of sulfonamides is 1. The number of hydrogen-bond acceptors (Lipinski definition) is 3. The van der Waals surface area contributed by atoms with Crippen molar-refractivity contribution in [3.63, 3.8) is 0 Å². The van der Waals surface area contributed by atoms with Crippen molar-refractivity contribution in [2.75, 3.05) is 10.5 Å². The molecule has 2 aromatic rings. The molecule has 1 amide bonds. The Morgan fingerprint density at radius 2 is 1.68 bits per heavy atom. The van der Waals surface area contributed by atoms with Crippen molar-refractivity contribution in [3.8, 4) is 0 Å². The Morgan fingerprint density at radius 1 is 1.04 bits per heavy atom. The molecule has 0 saturated carbocycles. The van der Waals surface area contributed by atoms with Crippen LogP contribution in [-0.2, 0) is 21.4 Å². The molecule has 0 saturated heterocycles. The van der Waals surface area contributed by atoms with Gasteiger partial charge in [0.25, 0.3) is 0 Å². The summed E-state index contributed by atoms with van der Waals surface area (Å²) in [4.78, 5) is 12.2. The second-order valence-electron chi connectivity index (χ2n) is 6.29. The molecule has 0 aliphatic heterocycles. The summed E-state index contributed by atoms with van der Waals surface area (Å²) >= 11 is 0. The number of carbonyl (C=O) groups excluding carboxylic acids is 1. The molecule has 0 spiro atoms. The van der Waals surface area contributed by atoms with Crippen LogP contribution >= 0.6 is 0 Å². The van der Waals surface area contributed by atoms with E-state index < -0.39 is 15.9 Å². The van der Waals surface area contributed by atoms with Gasteiger partial charge in [0, 0.05) is 12.2 Å². The quantitative estimate of drug-likeness (QED) is 0.797. The van der Waals surface area contributed by atoms with Crippen LogP contribution in [0.2, 0.25) is 0 Å². The highest BCUT2D eigenvalue weighted by Gasteiger charge is 2.21. The maximum Gasteiger partial charge on any atom is 0.233 e. The summed E-state index contributed by atoms with van der Waals surface area (Å²) in [5.41, 5.74) is 3.65. The van der Waals surface area contributed by atoms with Crippen molar-refractivity contribution < 1.29 is 13.2 Å². The van der Waals surface area contributed by atoms with Crippen molar-refractivity contribution in [1.29, 1.82) is 0 Å². The van der Waals surface area contributed by atoms with E-state index in [0.717, 1.165) is 16.7 Å². The Hall–Kier alpha value is -2.34. The summed E-state index contributed by atoms with van der Waals surface area (Å²) in [5.74, 6) is -1.19. The van der Waals surface area contributed by atoms with Crippen molar-refractivity contribution in [2.24, 2.45) is 5.92 Å². The van der Waals surface area contributed by atoms with E-state index in [1.807, 2.05) is 50.2 Å². The van der Waals surface area contributed by atoms with Crippen molar-refractivity contribution >= 4 is 21.6 Å². The normalized spacial score (nSPS) is 12.4. The summed E-state index contributed by atoms with van der Waals surface area (Å²) in [5, 5.41) is 2.80. The molecule has 0 fully saturated rings. The molecule has 2 aromatic carbocycles. The molecule has 0 aliphatic carbocycles. The monoisotopic (exact) mass is 360 g/mol. The van der Waals surface area contributed by atoms with Gasteiger partial charge in [-0.2, -0.15) is 0 Å². The first-order valence-corrected chi connectivity index (χ1v) is 9.81. The summed E-state index contributed by atoms with van der Waals surface area (Å²) in [6, 6.07) is 14.8. The molecule has 6 heteroatoms. The lowest BCUT2D eigenvalue weighted by Crippen LogP contribution is -2.34. The third-order valence-corrected chi connectivity index (χ3v) is 5.44. The number of carbonyl (C=O) groups is 1. The third kappa shape index (κ3) is 5.90. The lowest BCUT2D eigenvalue weighted by molar-refractivity contribution is -0.124. The Bertz CT molecular complexity index is 830. The van der Waals surface area contributed by atoms with Gasteiger partial charge in [0.1, 0.15) is 0 Å². The molecule has 0 radical (unpaired) electrons. The lowest BCUT2D eigenvalue weighted by atomic mass is 10.1. The van der Waals surface area contributed by atoms with Crippen LogP contribution in [0.5, 0.6) is 0 Å². The molecule has 0 heterocycles. The highest BCUT2D eigenvalue weighted by Crippen LogP contribution is 2.13.